The first kappa shape index (κ1) is 24.1. The normalized spacial score (nSPS) is 24.2. The molecule has 2 saturated heterocycles. The Balaban J connectivity index is 1.43. The van der Waals surface area contributed by atoms with Gasteiger partial charge in [0.25, 0.3) is 0 Å². The van der Waals surface area contributed by atoms with Crippen molar-refractivity contribution in [1.29, 1.82) is 0 Å². The van der Waals surface area contributed by atoms with Crippen LogP contribution in [0.25, 0.3) is 0 Å². The molecule has 3 heterocycles. The number of aromatic nitrogens is 4. The van der Waals surface area contributed by atoms with Gasteiger partial charge in [-0.25, -0.2) is 0 Å². The molecule has 2 unspecified atom stereocenters. The van der Waals surface area contributed by atoms with E-state index in [1.807, 2.05) is 32.0 Å². The van der Waals surface area contributed by atoms with Crippen LogP contribution in [-0.2, 0) is 25.9 Å². The maximum absolute atomic E-state index is 13.0. The first-order valence-corrected chi connectivity index (χ1v) is 11.8. The smallest absolute Gasteiger partial charge is 0.313 e. The van der Waals surface area contributed by atoms with E-state index in [1.165, 1.54) is 4.80 Å². The van der Waals surface area contributed by atoms with Crippen LogP contribution < -0.4 is 11.1 Å². The molecule has 182 valence electrons. The summed E-state index contributed by atoms with van der Waals surface area (Å²) in [5.74, 6) is -0.660. The molecule has 11 nitrogen and oxygen atoms in total. The van der Waals surface area contributed by atoms with Crippen LogP contribution in [0, 0.1) is 5.41 Å². The molecule has 2 aromatic rings. The summed E-state index contributed by atoms with van der Waals surface area (Å²) < 4.78 is 4.80. The molecule has 0 radical (unpaired) electrons. The zero-order valence-corrected chi connectivity index (χ0v) is 20.6. The number of amides is 2. The number of hydrogen-bond donors (Lipinski definition) is 2. The van der Waals surface area contributed by atoms with Gasteiger partial charge in [-0.3, -0.25) is 14.4 Å². The van der Waals surface area contributed by atoms with E-state index in [9.17, 15) is 14.4 Å². The summed E-state index contributed by atoms with van der Waals surface area (Å²) in [5.41, 5.74) is 6.12. The second-order valence-electron chi connectivity index (χ2n) is 9.97. The minimum Gasteiger partial charge on any atom is -0.440 e. The van der Waals surface area contributed by atoms with Gasteiger partial charge < -0.3 is 20.7 Å². The average molecular weight is 488 g/mol. The van der Waals surface area contributed by atoms with E-state index in [0.717, 1.165) is 0 Å². The molecule has 0 aliphatic carbocycles. The second-order valence-corrected chi connectivity index (χ2v) is 11.7. The van der Waals surface area contributed by atoms with E-state index >= 15 is 0 Å². The molecule has 2 amide bonds. The number of thioether (sulfide) groups is 1. The standard InChI is InChI=1S/C22H29N7O4S/c1-21(2,3)20(32)33-11-28-26-16(25-27-28)15-22(4,5)34-19-14(18(31)29(15)19)24-17(30)13(23)12-9-7-6-8-10-12/h6-10,13-15,19H,11,23H2,1-5H3,(H,24,30)/t13-,14?,15?,19-/m1/s1. The molecular formula is C22H29N7O4S. The number of β-lactam (4-membered cyclic amide) rings is 1. The van der Waals surface area contributed by atoms with Crippen LogP contribution in [0.5, 0.6) is 0 Å². The van der Waals surface area contributed by atoms with Gasteiger partial charge in [0.05, 0.1) is 5.41 Å². The lowest BCUT2D eigenvalue weighted by Gasteiger charge is -2.44. The topological polar surface area (TPSA) is 145 Å². The molecule has 4 atom stereocenters. The fraction of sp³-hybridized carbons (Fsp3) is 0.545. The summed E-state index contributed by atoms with van der Waals surface area (Å²) in [4.78, 5) is 40.6. The third kappa shape index (κ3) is 4.39. The Kier molecular flexibility index (Phi) is 6.15. The molecule has 0 saturated carbocycles. The highest BCUT2D eigenvalue weighted by Crippen LogP contribution is 2.56. The maximum Gasteiger partial charge on any atom is 0.313 e. The predicted molar refractivity (Wildman–Crippen MR) is 124 cm³/mol. The molecular weight excluding hydrogens is 458 g/mol. The van der Waals surface area contributed by atoms with E-state index in [2.05, 4.69) is 20.7 Å². The zero-order chi connectivity index (χ0) is 24.8. The Bertz CT molecular complexity index is 1100. The van der Waals surface area contributed by atoms with Gasteiger partial charge in [-0.15, -0.1) is 26.8 Å². The molecule has 4 rings (SSSR count). The molecule has 0 spiro atoms. The van der Waals surface area contributed by atoms with Crippen molar-refractivity contribution >= 4 is 29.5 Å². The van der Waals surface area contributed by atoms with Crippen LogP contribution in [0.2, 0.25) is 0 Å². The summed E-state index contributed by atoms with van der Waals surface area (Å²) in [6.07, 6.45) is 0. The van der Waals surface area contributed by atoms with Gasteiger partial charge in [0, 0.05) is 4.75 Å². The Hall–Kier alpha value is -2.99. The van der Waals surface area contributed by atoms with Gasteiger partial charge in [-0.2, -0.15) is 0 Å². The Labute approximate surface area is 201 Å². The number of carbonyl (C=O) groups excluding carboxylic acids is 3. The van der Waals surface area contributed by atoms with Crippen molar-refractivity contribution in [2.45, 2.75) is 69.6 Å². The zero-order valence-electron chi connectivity index (χ0n) is 19.8. The van der Waals surface area contributed by atoms with Crippen LogP contribution in [0.1, 0.15) is 58.1 Å². The Morgan fingerprint density at radius 2 is 1.94 bits per heavy atom. The Morgan fingerprint density at radius 1 is 1.26 bits per heavy atom. The molecule has 1 aromatic carbocycles. The lowest BCUT2D eigenvalue weighted by molar-refractivity contribution is -0.158. The second kappa shape index (κ2) is 8.66. The SMILES string of the molecule is CC(C)(C)C(=O)OCn1nnc(C2N3C(=O)C(NC(=O)[C@H](N)c4ccccc4)[C@H]3SC2(C)C)n1. The number of rotatable bonds is 6. The quantitative estimate of drug-likeness (QED) is 0.452. The van der Waals surface area contributed by atoms with Crippen LogP contribution in [-0.4, -0.2) is 59.1 Å². The van der Waals surface area contributed by atoms with Crippen molar-refractivity contribution in [2.24, 2.45) is 11.1 Å². The van der Waals surface area contributed by atoms with Gasteiger partial charge in [0.15, 0.2) is 5.82 Å². The summed E-state index contributed by atoms with van der Waals surface area (Å²) in [6, 6.07) is 7.02. The minimum absolute atomic E-state index is 0.170. The number of fused-ring (bicyclic) bond motifs is 1. The molecule has 2 aliphatic heterocycles. The third-order valence-corrected chi connectivity index (χ3v) is 7.39. The molecule has 2 fully saturated rings. The predicted octanol–water partition coefficient (Wildman–Crippen LogP) is 1.14. The highest BCUT2D eigenvalue weighted by Gasteiger charge is 2.63. The monoisotopic (exact) mass is 487 g/mol. The lowest BCUT2D eigenvalue weighted by Crippen LogP contribution is -2.68. The van der Waals surface area contributed by atoms with Crippen molar-refractivity contribution < 1.29 is 19.1 Å². The number of benzene rings is 1. The van der Waals surface area contributed by atoms with E-state index in [-0.39, 0.29) is 24.0 Å². The lowest BCUT2D eigenvalue weighted by atomic mass is 9.95. The highest BCUT2D eigenvalue weighted by atomic mass is 32.2. The maximum atomic E-state index is 13.0. The summed E-state index contributed by atoms with van der Waals surface area (Å²) >= 11 is 1.56. The van der Waals surface area contributed by atoms with Gasteiger partial charge in [-0.05, 0) is 45.4 Å². The number of ether oxygens (including phenoxy) is 1. The summed E-state index contributed by atoms with van der Waals surface area (Å²) in [5, 5.41) is 15.0. The summed E-state index contributed by atoms with van der Waals surface area (Å²) in [7, 11) is 0. The summed E-state index contributed by atoms with van der Waals surface area (Å²) in [6.45, 7) is 9.07. The van der Waals surface area contributed by atoms with Gasteiger partial charge in [0.2, 0.25) is 18.5 Å². The van der Waals surface area contributed by atoms with Crippen LogP contribution in [0.15, 0.2) is 30.3 Å². The molecule has 0 bridgehead atoms. The molecule has 1 aromatic heterocycles. The van der Waals surface area contributed by atoms with Crippen molar-refractivity contribution in [1.82, 2.24) is 30.4 Å². The first-order valence-electron chi connectivity index (χ1n) is 11.0. The van der Waals surface area contributed by atoms with E-state index in [4.69, 9.17) is 10.5 Å². The van der Waals surface area contributed by atoms with Crippen molar-refractivity contribution in [2.75, 3.05) is 0 Å². The average Bonchev–Trinajstić information content (AvgIpc) is 3.34. The van der Waals surface area contributed by atoms with Gasteiger partial charge in [0.1, 0.15) is 23.5 Å². The van der Waals surface area contributed by atoms with Gasteiger partial charge in [-0.1, -0.05) is 30.3 Å². The first-order chi connectivity index (χ1) is 15.9. The van der Waals surface area contributed by atoms with Crippen LogP contribution >= 0.6 is 11.8 Å². The molecule has 3 N–H and O–H groups in total. The van der Waals surface area contributed by atoms with Crippen molar-refractivity contribution in [3.05, 3.63) is 41.7 Å². The minimum atomic E-state index is -0.865. The fourth-order valence-corrected chi connectivity index (χ4v) is 5.60. The number of tetrazole rings is 1. The molecule has 12 heteroatoms. The molecule has 34 heavy (non-hydrogen) atoms. The van der Waals surface area contributed by atoms with E-state index in [0.29, 0.717) is 11.4 Å². The highest BCUT2D eigenvalue weighted by molar-refractivity contribution is 8.01. The fourth-order valence-electron chi connectivity index (χ4n) is 3.97. The number of nitrogens with one attached hydrogen (secondary N) is 1. The van der Waals surface area contributed by atoms with Crippen LogP contribution in [0.3, 0.4) is 0 Å². The van der Waals surface area contributed by atoms with Crippen molar-refractivity contribution in [3.63, 3.8) is 0 Å². The molecule has 2 aliphatic rings. The number of hydrogen-bond acceptors (Lipinski definition) is 9. The van der Waals surface area contributed by atoms with Crippen molar-refractivity contribution in [3.8, 4) is 0 Å². The number of carbonyl (C=O) groups is 3. The number of nitrogens with two attached hydrogens (primary N) is 1. The van der Waals surface area contributed by atoms with Crippen LogP contribution in [0.4, 0.5) is 0 Å². The number of nitrogens with zero attached hydrogens (tertiary/aromatic N) is 5. The largest absolute Gasteiger partial charge is 0.440 e. The Morgan fingerprint density at radius 3 is 2.59 bits per heavy atom. The third-order valence-electron chi connectivity index (χ3n) is 5.82. The number of esters is 1. The van der Waals surface area contributed by atoms with E-state index < -0.39 is 34.2 Å². The van der Waals surface area contributed by atoms with E-state index in [1.54, 1.807) is 49.6 Å². The van der Waals surface area contributed by atoms with Gasteiger partial charge >= 0.3 is 5.97 Å².